The number of hydrogen-bond acceptors (Lipinski definition) is 7. The molecule has 0 unspecified atom stereocenters. The van der Waals surface area contributed by atoms with Crippen molar-refractivity contribution in [1.82, 2.24) is 9.97 Å². The van der Waals surface area contributed by atoms with Crippen molar-refractivity contribution in [3.8, 4) is 0 Å². The SMILES string of the molecule is Cc1ncc(N([O-])O)c(NCCO)n1. The van der Waals surface area contributed by atoms with Crippen LogP contribution in [0.3, 0.4) is 0 Å². The van der Waals surface area contributed by atoms with Crippen LogP contribution in [0.4, 0.5) is 11.5 Å². The number of aryl methyl sites for hydroxylation is 1. The quantitative estimate of drug-likeness (QED) is 0.580. The van der Waals surface area contributed by atoms with Crippen LogP contribution in [-0.2, 0) is 0 Å². The highest BCUT2D eigenvalue weighted by Gasteiger charge is 2.05. The van der Waals surface area contributed by atoms with Crippen molar-refractivity contribution in [3.05, 3.63) is 17.2 Å². The first-order chi connectivity index (χ1) is 6.65. The monoisotopic (exact) mass is 199 g/mol. The molecule has 0 radical (unpaired) electrons. The van der Waals surface area contributed by atoms with Gasteiger partial charge in [-0.25, -0.2) is 9.97 Å². The minimum Gasteiger partial charge on any atom is -0.733 e. The topological polar surface area (TPSA) is 105 Å². The number of nitrogens with zero attached hydrogens (tertiary/aromatic N) is 3. The zero-order chi connectivity index (χ0) is 10.6. The summed E-state index contributed by atoms with van der Waals surface area (Å²) in [6.07, 6.45) is 1.20. The third-order valence-corrected chi connectivity index (χ3v) is 1.50. The summed E-state index contributed by atoms with van der Waals surface area (Å²) in [6.45, 7) is 1.81. The van der Waals surface area contributed by atoms with Gasteiger partial charge in [-0.05, 0) is 6.92 Å². The van der Waals surface area contributed by atoms with Crippen LogP contribution >= 0.6 is 0 Å². The first-order valence-corrected chi connectivity index (χ1v) is 3.99. The maximum atomic E-state index is 10.6. The Morgan fingerprint density at radius 3 is 2.93 bits per heavy atom. The Labute approximate surface area is 80.6 Å². The van der Waals surface area contributed by atoms with E-state index in [2.05, 4.69) is 15.3 Å². The predicted octanol–water partition coefficient (Wildman–Crippen LogP) is -0.117. The average molecular weight is 199 g/mol. The van der Waals surface area contributed by atoms with E-state index in [1.807, 2.05) is 0 Å². The lowest BCUT2D eigenvalue weighted by Crippen LogP contribution is -2.15. The normalized spacial score (nSPS) is 10.0. The van der Waals surface area contributed by atoms with Crippen LogP contribution in [0.25, 0.3) is 0 Å². The Hall–Kier alpha value is -1.44. The molecule has 7 nitrogen and oxygen atoms in total. The molecule has 0 aliphatic heterocycles. The molecule has 0 bridgehead atoms. The second-order valence-corrected chi connectivity index (χ2v) is 2.57. The van der Waals surface area contributed by atoms with E-state index in [-0.39, 0.29) is 29.9 Å². The number of anilines is 2. The molecule has 0 saturated heterocycles. The summed E-state index contributed by atoms with van der Waals surface area (Å²) < 4.78 is 0. The van der Waals surface area contributed by atoms with Crippen LogP contribution < -0.4 is 10.5 Å². The number of aliphatic hydroxyl groups excluding tert-OH is 1. The van der Waals surface area contributed by atoms with Crippen LogP contribution in [0.5, 0.6) is 0 Å². The van der Waals surface area contributed by atoms with Gasteiger partial charge in [-0.15, -0.1) is 0 Å². The van der Waals surface area contributed by atoms with Crippen molar-refractivity contribution in [2.24, 2.45) is 0 Å². The highest BCUT2D eigenvalue weighted by atomic mass is 16.8. The van der Waals surface area contributed by atoms with Gasteiger partial charge in [0, 0.05) is 6.54 Å². The van der Waals surface area contributed by atoms with Crippen molar-refractivity contribution in [3.63, 3.8) is 0 Å². The van der Waals surface area contributed by atoms with Gasteiger partial charge >= 0.3 is 0 Å². The lowest BCUT2D eigenvalue weighted by molar-refractivity contribution is 0.295. The zero-order valence-electron chi connectivity index (χ0n) is 7.64. The molecule has 78 valence electrons. The molecular formula is C7H11N4O3-. The molecule has 0 amide bonds. The van der Waals surface area contributed by atoms with E-state index in [0.29, 0.717) is 5.82 Å². The fraction of sp³-hybridized carbons (Fsp3) is 0.429. The van der Waals surface area contributed by atoms with Gasteiger partial charge in [0.1, 0.15) is 11.5 Å². The molecule has 0 spiro atoms. The van der Waals surface area contributed by atoms with Crippen LogP contribution in [-0.4, -0.2) is 33.4 Å². The van der Waals surface area contributed by atoms with E-state index < -0.39 is 0 Å². The molecule has 1 rings (SSSR count). The largest absolute Gasteiger partial charge is 0.733 e. The minimum absolute atomic E-state index is 0.0796. The number of nitrogens with one attached hydrogen (secondary N) is 1. The average Bonchev–Trinajstić information content (AvgIpc) is 2.14. The maximum absolute atomic E-state index is 10.6. The Kier molecular flexibility index (Phi) is 3.57. The van der Waals surface area contributed by atoms with E-state index in [9.17, 15) is 5.21 Å². The molecule has 3 N–H and O–H groups in total. The summed E-state index contributed by atoms with van der Waals surface area (Å²) in [7, 11) is 0. The van der Waals surface area contributed by atoms with E-state index in [0.717, 1.165) is 0 Å². The zero-order valence-corrected chi connectivity index (χ0v) is 7.64. The standard InChI is InChI=1S/C7H11N4O3/c1-5-9-4-6(11(13)14)7(10-5)8-2-3-12/h4,12-13H,2-3H2,1H3,(H,8,9,10)/q-1. The van der Waals surface area contributed by atoms with Gasteiger partial charge in [0.25, 0.3) is 0 Å². The number of aliphatic hydroxyl groups is 1. The van der Waals surface area contributed by atoms with Gasteiger partial charge in [-0.2, -0.15) is 0 Å². The van der Waals surface area contributed by atoms with E-state index in [1.165, 1.54) is 6.20 Å². The molecule has 7 heteroatoms. The maximum Gasteiger partial charge on any atom is 0.154 e. The first-order valence-electron chi connectivity index (χ1n) is 3.99. The van der Waals surface area contributed by atoms with Crippen molar-refractivity contribution < 1.29 is 10.3 Å². The third kappa shape index (κ3) is 2.52. The molecule has 1 aromatic heterocycles. The van der Waals surface area contributed by atoms with Crippen LogP contribution in [0, 0.1) is 12.1 Å². The van der Waals surface area contributed by atoms with Crippen molar-refractivity contribution in [1.29, 1.82) is 0 Å². The molecule has 1 heterocycles. The highest BCUT2D eigenvalue weighted by Crippen LogP contribution is 2.20. The van der Waals surface area contributed by atoms with Crippen LogP contribution in [0.15, 0.2) is 6.20 Å². The van der Waals surface area contributed by atoms with Crippen LogP contribution in [0.1, 0.15) is 5.82 Å². The van der Waals surface area contributed by atoms with Gasteiger partial charge in [-0.1, -0.05) is 0 Å². The predicted molar refractivity (Wildman–Crippen MR) is 50.0 cm³/mol. The first kappa shape index (κ1) is 10.6. The molecule has 0 aliphatic carbocycles. The second kappa shape index (κ2) is 4.70. The van der Waals surface area contributed by atoms with Gasteiger partial charge in [0.05, 0.1) is 12.8 Å². The molecule has 14 heavy (non-hydrogen) atoms. The van der Waals surface area contributed by atoms with E-state index in [4.69, 9.17) is 10.3 Å². The van der Waals surface area contributed by atoms with E-state index >= 15 is 0 Å². The molecule has 0 aromatic carbocycles. The number of rotatable bonds is 4. The summed E-state index contributed by atoms with van der Waals surface area (Å²) in [5.41, 5.74) is -0.0796. The fourth-order valence-electron chi connectivity index (χ4n) is 0.908. The Bertz CT molecular complexity index is 305. The summed E-state index contributed by atoms with van der Waals surface area (Å²) in [4.78, 5) is 7.65. The lowest BCUT2D eigenvalue weighted by Gasteiger charge is -2.23. The number of aromatic nitrogens is 2. The summed E-state index contributed by atoms with van der Waals surface area (Å²) in [5, 5.41) is 30.2. The minimum atomic E-state index is -0.320. The summed E-state index contributed by atoms with van der Waals surface area (Å²) in [5.74, 6) is 0.667. The van der Waals surface area contributed by atoms with Gasteiger partial charge in [0.15, 0.2) is 5.82 Å². The molecule has 0 atom stereocenters. The third-order valence-electron chi connectivity index (χ3n) is 1.50. The van der Waals surface area contributed by atoms with Gasteiger partial charge in [-0.3, -0.25) is 5.21 Å². The van der Waals surface area contributed by atoms with Gasteiger partial charge < -0.3 is 20.9 Å². The van der Waals surface area contributed by atoms with Gasteiger partial charge in [0.2, 0.25) is 0 Å². The van der Waals surface area contributed by atoms with Crippen molar-refractivity contribution >= 4 is 11.5 Å². The van der Waals surface area contributed by atoms with Crippen LogP contribution in [0.2, 0.25) is 0 Å². The Morgan fingerprint density at radius 1 is 1.64 bits per heavy atom. The lowest BCUT2D eigenvalue weighted by atomic mass is 10.4. The Morgan fingerprint density at radius 2 is 2.36 bits per heavy atom. The Balaban J connectivity index is 2.91. The highest BCUT2D eigenvalue weighted by molar-refractivity contribution is 5.63. The smallest absolute Gasteiger partial charge is 0.154 e. The number of hydrogen-bond donors (Lipinski definition) is 3. The van der Waals surface area contributed by atoms with Crippen molar-refractivity contribution in [2.45, 2.75) is 6.92 Å². The molecule has 0 aliphatic rings. The fourth-order valence-corrected chi connectivity index (χ4v) is 0.908. The summed E-state index contributed by atoms with van der Waals surface area (Å²) >= 11 is 0. The summed E-state index contributed by atoms with van der Waals surface area (Å²) in [6, 6.07) is 0. The van der Waals surface area contributed by atoms with Crippen molar-refractivity contribution in [2.75, 3.05) is 23.7 Å². The second-order valence-electron chi connectivity index (χ2n) is 2.57. The van der Waals surface area contributed by atoms with E-state index in [1.54, 1.807) is 6.92 Å². The molecular weight excluding hydrogens is 188 g/mol. The molecule has 1 aromatic rings. The molecule has 0 fully saturated rings. The molecule has 0 saturated carbocycles.